The van der Waals surface area contributed by atoms with Crippen LogP contribution in [-0.2, 0) is 13.6 Å². The van der Waals surface area contributed by atoms with E-state index in [9.17, 15) is 9.18 Å². The Labute approximate surface area is 152 Å². The number of nitrogens with zero attached hydrogens (tertiary/aromatic N) is 5. The highest BCUT2D eigenvalue weighted by Crippen LogP contribution is 2.26. The highest BCUT2D eigenvalue weighted by Gasteiger charge is 2.28. The van der Waals surface area contributed by atoms with Crippen LogP contribution in [0.2, 0.25) is 0 Å². The Bertz CT molecular complexity index is 775. The normalized spacial score (nSPS) is 17.6. The number of benzene rings is 1. The fourth-order valence-electron chi connectivity index (χ4n) is 3.28. The standard InChI is InChI=1S/C18H25FN6O/c1-23(2)12-16-21-22-17(24(16)3)13-7-6-10-25(11-13)18(26)20-15-9-5-4-8-14(15)19/h4-5,8-9,13H,6-7,10-12H2,1-3H3,(H,20,26)/t13-/m0/s1. The van der Waals surface area contributed by atoms with Gasteiger partial charge in [-0.3, -0.25) is 0 Å². The number of rotatable bonds is 4. The number of aromatic nitrogens is 3. The Hall–Kier alpha value is -2.48. The quantitative estimate of drug-likeness (QED) is 0.909. The molecule has 0 spiro atoms. The van der Waals surface area contributed by atoms with Crippen molar-refractivity contribution in [2.75, 3.05) is 32.5 Å². The number of urea groups is 1. The van der Waals surface area contributed by atoms with Crippen LogP contribution in [0.5, 0.6) is 0 Å². The molecule has 3 rings (SSSR count). The molecule has 0 bridgehead atoms. The third-order valence-electron chi connectivity index (χ3n) is 4.65. The van der Waals surface area contributed by atoms with Crippen molar-refractivity contribution in [3.05, 3.63) is 41.7 Å². The Morgan fingerprint density at radius 1 is 1.35 bits per heavy atom. The first-order valence-corrected chi connectivity index (χ1v) is 8.79. The molecule has 7 nitrogen and oxygen atoms in total. The summed E-state index contributed by atoms with van der Waals surface area (Å²) < 4.78 is 15.8. The molecule has 0 unspecified atom stereocenters. The lowest BCUT2D eigenvalue weighted by molar-refractivity contribution is 0.190. The summed E-state index contributed by atoms with van der Waals surface area (Å²) in [7, 11) is 5.94. The molecule has 0 radical (unpaired) electrons. The second-order valence-corrected chi connectivity index (χ2v) is 6.97. The number of hydrogen-bond donors (Lipinski definition) is 1. The van der Waals surface area contributed by atoms with E-state index in [0.29, 0.717) is 19.6 Å². The second-order valence-electron chi connectivity index (χ2n) is 6.97. The van der Waals surface area contributed by atoms with Crippen LogP contribution < -0.4 is 5.32 Å². The van der Waals surface area contributed by atoms with Crippen molar-refractivity contribution in [1.29, 1.82) is 0 Å². The van der Waals surface area contributed by atoms with E-state index in [1.54, 1.807) is 23.1 Å². The third kappa shape index (κ3) is 4.01. The smallest absolute Gasteiger partial charge is 0.321 e. The maximum absolute atomic E-state index is 13.8. The molecule has 1 saturated heterocycles. The summed E-state index contributed by atoms with van der Waals surface area (Å²) in [4.78, 5) is 16.3. The summed E-state index contributed by atoms with van der Waals surface area (Å²) in [5.41, 5.74) is 0.201. The van der Waals surface area contributed by atoms with E-state index in [1.165, 1.54) is 6.07 Å². The molecule has 8 heteroatoms. The van der Waals surface area contributed by atoms with Crippen LogP contribution in [0.1, 0.15) is 30.4 Å². The van der Waals surface area contributed by atoms with Crippen molar-refractivity contribution in [2.45, 2.75) is 25.3 Å². The van der Waals surface area contributed by atoms with Gasteiger partial charge in [0.1, 0.15) is 17.5 Å². The van der Waals surface area contributed by atoms with Crippen LogP contribution in [0.4, 0.5) is 14.9 Å². The molecule has 2 aromatic rings. The lowest BCUT2D eigenvalue weighted by Crippen LogP contribution is -2.42. The van der Waals surface area contributed by atoms with Gasteiger partial charge in [0.2, 0.25) is 0 Å². The summed E-state index contributed by atoms with van der Waals surface area (Å²) in [5.74, 6) is 1.49. The Balaban J connectivity index is 1.68. The van der Waals surface area contributed by atoms with E-state index in [1.807, 2.05) is 30.6 Å². The van der Waals surface area contributed by atoms with Gasteiger partial charge in [-0.15, -0.1) is 10.2 Å². The first-order valence-electron chi connectivity index (χ1n) is 8.79. The number of nitrogens with one attached hydrogen (secondary N) is 1. The SMILES string of the molecule is CN(C)Cc1nnc([C@H]2CCCN(C(=O)Nc3ccccc3F)C2)n1C. The maximum atomic E-state index is 13.8. The highest BCUT2D eigenvalue weighted by atomic mass is 19.1. The van der Waals surface area contributed by atoms with E-state index in [4.69, 9.17) is 0 Å². The maximum Gasteiger partial charge on any atom is 0.321 e. The summed E-state index contributed by atoms with van der Waals surface area (Å²) >= 11 is 0. The zero-order chi connectivity index (χ0) is 18.7. The topological polar surface area (TPSA) is 66.3 Å². The average Bonchev–Trinajstić information content (AvgIpc) is 2.97. The second kappa shape index (κ2) is 7.82. The van der Waals surface area contributed by atoms with Crippen molar-refractivity contribution in [3.8, 4) is 0 Å². The average molecular weight is 360 g/mol. The molecule has 1 N–H and O–H groups in total. The Morgan fingerprint density at radius 2 is 2.12 bits per heavy atom. The first kappa shape index (κ1) is 18.3. The molecule has 1 aliphatic heterocycles. The molecule has 26 heavy (non-hydrogen) atoms. The molecule has 1 aromatic heterocycles. The van der Waals surface area contributed by atoms with Crippen LogP contribution >= 0.6 is 0 Å². The molecular weight excluding hydrogens is 335 g/mol. The van der Waals surface area contributed by atoms with Gasteiger partial charge in [-0.05, 0) is 39.1 Å². The van der Waals surface area contributed by atoms with Crippen LogP contribution in [0.25, 0.3) is 0 Å². The highest BCUT2D eigenvalue weighted by molar-refractivity contribution is 5.89. The van der Waals surface area contributed by atoms with Gasteiger partial charge < -0.3 is 19.7 Å². The first-order chi connectivity index (χ1) is 12.5. The number of anilines is 1. The van der Waals surface area contributed by atoms with Crippen molar-refractivity contribution in [3.63, 3.8) is 0 Å². The van der Waals surface area contributed by atoms with Gasteiger partial charge in [0, 0.05) is 26.1 Å². The molecule has 0 aliphatic carbocycles. The van der Waals surface area contributed by atoms with E-state index in [0.717, 1.165) is 24.5 Å². The van der Waals surface area contributed by atoms with Crippen molar-refractivity contribution in [2.24, 2.45) is 7.05 Å². The molecule has 1 aliphatic rings. The Morgan fingerprint density at radius 3 is 2.85 bits per heavy atom. The van der Waals surface area contributed by atoms with Crippen LogP contribution in [0.3, 0.4) is 0 Å². The summed E-state index contributed by atoms with van der Waals surface area (Å²) in [5, 5.41) is 11.3. The zero-order valence-electron chi connectivity index (χ0n) is 15.4. The van der Waals surface area contributed by atoms with Gasteiger partial charge in [0.05, 0.1) is 12.2 Å². The van der Waals surface area contributed by atoms with Crippen molar-refractivity contribution < 1.29 is 9.18 Å². The van der Waals surface area contributed by atoms with Gasteiger partial charge >= 0.3 is 6.03 Å². The van der Waals surface area contributed by atoms with Gasteiger partial charge in [0.25, 0.3) is 0 Å². The summed E-state index contributed by atoms with van der Waals surface area (Å²) in [6, 6.07) is 5.91. The molecule has 2 amide bonds. The number of piperidine rings is 1. The fourth-order valence-corrected chi connectivity index (χ4v) is 3.28. The van der Waals surface area contributed by atoms with Crippen LogP contribution in [0.15, 0.2) is 24.3 Å². The zero-order valence-corrected chi connectivity index (χ0v) is 15.4. The summed E-state index contributed by atoms with van der Waals surface area (Å²) in [6.07, 6.45) is 1.84. The third-order valence-corrected chi connectivity index (χ3v) is 4.65. The van der Waals surface area contributed by atoms with Crippen molar-refractivity contribution >= 4 is 11.7 Å². The minimum atomic E-state index is -0.434. The van der Waals surface area contributed by atoms with Crippen molar-refractivity contribution in [1.82, 2.24) is 24.6 Å². The van der Waals surface area contributed by atoms with E-state index in [-0.39, 0.29) is 17.6 Å². The molecule has 1 atom stereocenters. The molecular formula is C18H25FN6O. The van der Waals surface area contributed by atoms with Crippen LogP contribution in [0, 0.1) is 5.82 Å². The minimum absolute atomic E-state index is 0.128. The number of halogens is 1. The molecule has 1 aromatic carbocycles. The lowest BCUT2D eigenvalue weighted by Gasteiger charge is -2.32. The summed E-state index contributed by atoms with van der Waals surface area (Å²) in [6.45, 7) is 1.92. The number of likely N-dealkylation sites (tertiary alicyclic amines) is 1. The van der Waals surface area contributed by atoms with E-state index < -0.39 is 5.82 Å². The van der Waals surface area contributed by atoms with Crippen LogP contribution in [-0.4, -0.2) is 57.8 Å². The van der Waals surface area contributed by atoms with E-state index >= 15 is 0 Å². The van der Waals surface area contributed by atoms with Gasteiger partial charge in [-0.25, -0.2) is 9.18 Å². The molecule has 2 heterocycles. The number of amides is 2. The fraction of sp³-hybridized carbons (Fsp3) is 0.500. The number of carbonyl (C=O) groups is 1. The number of carbonyl (C=O) groups excluding carboxylic acids is 1. The molecule has 1 fully saturated rings. The van der Waals surface area contributed by atoms with E-state index in [2.05, 4.69) is 15.5 Å². The van der Waals surface area contributed by atoms with Gasteiger partial charge in [-0.2, -0.15) is 0 Å². The van der Waals surface area contributed by atoms with Gasteiger partial charge in [-0.1, -0.05) is 12.1 Å². The Kier molecular flexibility index (Phi) is 5.51. The predicted octanol–water partition coefficient (Wildman–Crippen LogP) is 2.43. The van der Waals surface area contributed by atoms with Gasteiger partial charge in [0.15, 0.2) is 0 Å². The largest absolute Gasteiger partial charge is 0.324 e. The number of hydrogen-bond acceptors (Lipinski definition) is 4. The number of para-hydroxylation sites is 1. The monoisotopic (exact) mass is 360 g/mol. The minimum Gasteiger partial charge on any atom is -0.324 e. The molecule has 0 saturated carbocycles. The molecule has 140 valence electrons. The lowest BCUT2D eigenvalue weighted by atomic mass is 9.97. The predicted molar refractivity (Wildman–Crippen MR) is 97.4 cm³/mol.